The molecule has 4 N–H and O–H groups in total. The predicted molar refractivity (Wildman–Crippen MR) is 55.3 cm³/mol. The van der Waals surface area contributed by atoms with Gasteiger partial charge in [-0.2, -0.15) is 13.2 Å². The summed E-state index contributed by atoms with van der Waals surface area (Å²) in [7, 11) is 0. The number of nitrogens with one attached hydrogen (secondary N) is 1. The molecule has 0 spiro atoms. The topological polar surface area (TPSA) is 73.3 Å². The van der Waals surface area contributed by atoms with Crippen molar-refractivity contribution in [3.05, 3.63) is 0 Å². The summed E-state index contributed by atoms with van der Waals surface area (Å²) >= 11 is 0. The van der Waals surface area contributed by atoms with E-state index >= 15 is 0 Å². The molecule has 96 valence electrons. The second-order valence-corrected chi connectivity index (χ2v) is 3.52. The van der Waals surface area contributed by atoms with Crippen molar-refractivity contribution in [3.63, 3.8) is 0 Å². The summed E-state index contributed by atoms with van der Waals surface area (Å²) in [5.74, 6) is -2.79. The van der Waals surface area contributed by atoms with Gasteiger partial charge in [0, 0.05) is 19.7 Å². The van der Waals surface area contributed by atoms with E-state index in [1.165, 1.54) is 4.90 Å². The molecule has 0 aliphatic rings. The smallest absolute Gasteiger partial charge is 0.396 e. The van der Waals surface area contributed by atoms with Gasteiger partial charge in [0.1, 0.15) is 11.8 Å². The lowest BCUT2D eigenvalue weighted by Gasteiger charge is -2.26. The Balaban J connectivity index is 4.42. The van der Waals surface area contributed by atoms with Crippen LogP contribution in [0.25, 0.3) is 0 Å². The predicted octanol–water partition coefficient (Wildman–Crippen LogP) is 0.805. The zero-order valence-corrected chi connectivity index (χ0v) is 9.22. The molecule has 0 aliphatic heterocycles. The minimum absolute atomic E-state index is 0.0622. The van der Waals surface area contributed by atoms with Crippen molar-refractivity contribution in [2.75, 3.05) is 26.2 Å². The number of hydrogen-bond donors (Lipinski definition) is 3. The van der Waals surface area contributed by atoms with Crippen molar-refractivity contribution in [3.8, 4) is 0 Å². The molecule has 0 bridgehead atoms. The molecule has 0 amide bonds. The Kier molecular flexibility index (Phi) is 6.35. The summed E-state index contributed by atoms with van der Waals surface area (Å²) in [6.45, 7) is 2.14. The van der Waals surface area contributed by atoms with Gasteiger partial charge in [-0.3, -0.25) is 5.41 Å². The molecule has 0 radical (unpaired) electrons. The fourth-order valence-corrected chi connectivity index (χ4v) is 1.31. The van der Waals surface area contributed by atoms with Crippen LogP contribution in [0.4, 0.5) is 13.2 Å². The molecule has 0 rings (SSSR count). The Morgan fingerprint density at radius 3 is 2.38 bits per heavy atom. The molecule has 16 heavy (non-hydrogen) atoms. The average Bonchev–Trinajstić information content (AvgIpc) is 2.15. The third-order valence-electron chi connectivity index (χ3n) is 2.29. The van der Waals surface area contributed by atoms with Gasteiger partial charge < -0.3 is 15.7 Å². The number of hydrogen-bond acceptors (Lipinski definition) is 3. The van der Waals surface area contributed by atoms with Crippen molar-refractivity contribution in [1.82, 2.24) is 4.90 Å². The number of nitrogens with two attached hydrogens (primary N) is 1. The molecule has 0 aromatic heterocycles. The van der Waals surface area contributed by atoms with Crippen LogP contribution in [-0.4, -0.2) is 48.3 Å². The van der Waals surface area contributed by atoms with Crippen molar-refractivity contribution < 1.29 is 18.3 Å². The summed E-state index contributed by atoms with van der Waals surface area (Å²) in [6, 6.07) is 0. The van der Waals surface area contributed by atoms with Gasteiger partial charge in [-0.25, -0.2) is 0 Å². The van der Waals surface area contributed by atoms with E-state index in [1.807, 2.05) is 0 Å². The quantitative estimate of drug-likeness (QED) is 0.456. The van der Waals surface area contributed by atoms with Crippen LogP contribution >= 0.6 is 0 Å². The lowest BCUT2D eigenvalue weighted by atomic mass is 10.1. The van der Waals surface area contributed by atoms with Gasteiger partial charge in [0.25, 0.3) is 0 Å². The molecule has 0 aromatic carbocycles. The molecular formula is C9H18F3N3O. The number of amidine groups is 1. The highest BCUT2D eigenvalue weighted by Gasteiger charge is 2.42. The Morgan fingerprint density at radius 1 is 1.50 bits per heavy atom. The van der Waals surface area contributed by atoms with Crippen LogP contribution in [0.3, 0.4) is 0 Å². The fraction of sp³-hybridized carbons (Fsp3) is 0.889. The summed E-state index contributed by atoms with van der Waals surface area (Å²) in [4.78, 5) is 1.52. The minimum atomic E-state index is -4.49. The number of nitrogens with zero attached hydrogens (tertiary/aromatic N) is 1. The zero-order chi connectivity index (χ0) is 12.8. The summed E-state index contributed by atoms with van der Waals surface area (Å²) in [5, 5.41) is 15.5. The van der Waals surface area contributed by atoms with E-state index in [2.05, 4.69) is 0 Å². The molecule has 0 fully saturated rings. The van der Waals surface area contributed by atoms with Crippen LogP contribution < -0.4 is 5.73 Å². The minimum Gasteiger partial charge on any atom is -0.396 e. The first-order chi connectivity index (χ1) is 7.32. The Labute approximate surface area is 92.7 Å². The highest BCUT2D eigenvalue weighted by molar-refractivity contribution is 5.80. The number of aliphatic hydroxyl groups is 1. The van der Waals surface area contributed by atoms with E-state index in [4.69, 9.17) is 16.2 Å². The molecule has 0 aromatic rings. The molecular weight excluding hydrogens is 223 g/mol. The van der Waals surface area contributed by atoms with Gasteiger partial charge in [-0.1, -0.05) is 6.92 Å². The first-order valence-corrected chi connectivity index (χ1v) is 5.06. The van der Waals surface area contributed by atoms with Gasteiger partial charge in [-0.15, -0.1) is 0 Å². The zero-order valence-electron chi connectivity index (χ0n) is 9.22. The largest absolute Gasteiger partial charge is 0.399 e. The van der Waals surface area contributed by atoms with Crippen LogP contribution in [-0.2, 0) is 0 Å². The number of halogens is 3. The average molecular weight is 241 g/mol. The van der Waals surface area contributed by atoms with E-state index in [9.17, 15) is 13.2 Å². The van der Waals surface area contributed by atoms with Crippen molar-refractivity contribution in [1.29, 1.82) is 5.41 Å². The van der Waals surface area contributed by atoms with Crippen molar-refractivity contribution in [2.45, 2.75) is 19.5 Å². The van der Waals surface area contributed by atoms with E-state index in [1.54, 1.807) is 6.92 Å². The third kappa shape index (κ3) is 5.32. The maximum absolute atomic E-state index is 12.5. The van der Waals surface area contributed by atoms with Gasteiger partial charge >= 0.3 is 6.18 Å². The van der Waals surface area contributed by atoms with Crippen LogP contribution in [0.1, 0.15) is 13.3 Å². The van der Waals surface area contributed by atoms with Gasteiger partial charge in [-0.05, 0) is 13.0 Å². The second-order valence-electron chi connectivity index (χ2n) is 3.52. The Bertz CT molecular complexity index is 221. The normalized spacial score (nSPS) is 14.1. The van der Waals surface area contributed by atoms with Crippen LogP contribution in [0, 0.1) is 11.3 Å². The maximum Gasteiger partial charge on any atom is 0.399 e. The first-order valence-electron chi connectivity index (χ1n) is 5.06. The number of aliphatic hydroxyl groups excluding tert-OH is 1. The van der Waals surface area contributed by atoms with Crippen LogP contribution in [0.5, 0.6) is 0 Å². The molecule has 0 heterocycles. The number of rotatable bonds is 7. The molecule has 4 nitrogen and oxygen atoms in total. The molecule has 7 heteroatoms. The van der Waals surface area contributed by atoms with Crippen LogP contribution in [0.2, 0.25) is 0 Å². The summed E-state index contributed by atoms with van der Waals surface area (Å²) in [5.41, 5.74) is 4.94. The van der Waals surface area contributed by atoms with Gasteiger partial charge in [0.2, 0.25) is 0 Å². The lowest BCUT2D eigenvalue weighted by Crippen LogP contribution is -2.44. The highest BCUT2D eigenvalue weighted by atomic mass is 19.4. The van der Waals surface area contributed by atoms with Crippen LogP contribution in [0.15, 0.2) is 0 Å². The fourth-order valence-electron chi connectivity index (χ4n) is 1.31. The maximum atomic E-state index is 12.5. The summed E-state index contributed by atoms with van der Waals surface area (Å²) in [6.07, 6.45) is -4.07. The van der Waals surface area contributed by atoms with E-state index in [0.29, 0.717) is 19.5 Å². The summed E-state index contributed by atoms with van der Waals surface area (Å²) < 4.78 is 37.5. The molecule has 0 saturated carbocycles. The van der Waals surface area contributed by atoms with Crippen molar-refractivity contribution in [2.24, 2.45) is 11.7 Å². The highest BCUT2D eigenvalue weighted by Crippen LogP contribution is 2.26. The monoisotopic (exact) mass is 241 g/mol. The van der Waals surface area contributed by atoms with Gasteiger partial charge in [0.15, 0.2) is 0 Å². The second kappa shape index (κ2) is 6.70. The Morgan fingerprint density at radius 2 is 2.06 bits per heavy atom. The third-order valence-corrected chi connectivity index (χ3v) is 2.29. The number of alkyl halides is 3. The van der Waals surface area contributed by atoms with Gasteiger partial charge in [0.05, 0.1) is 0 Å². The van der Waals surface area contributed by atoms with E-state index < -0.39 is 17.9 Å². The SMILES string of the molecule is CCN(CCCO)CC(C(=N)N)C(F)(F)F. The standard InChI is InChI=1S/C9H18F3N3O/c1-2-15(4-3-5-16)6-7(8(13)14)9(10,11)12/h7,16H,2-6H2,1H3,(H3,13,14). The molecule has 0 aliphatic carbocycles. The molecule has 0 saturated heterocycles. The first kappa shape index (κ1) is 15.2. The molecule has 1 unspecified atom stereocenters. The van der Waals surface area contributed by atoms with E-state index in [0.717, 1.165) is 0 Å². The molecule has 1 atom stereocenters. The van der Waals surface area contributed by atoms with Crippen molar-refractivity contribution >= 4 is 5.84 Å². The lowest BCUT2D eigenvalue weighted by molar-refractivity contribution is -0.159. The van der Waals surface area contributed by atoms with E-state index in [-0.39, 0.29) is 13.2 Å². The Hall–Kier alpha value is -0.820.